The van der Waals surface area contributed by atoms with Crippen LogP contribution in [0, 0.1) is 5.41 Å². The van der Waals surface area contributed by atoms with Gasteiger partial charge in [-0.25, -0.2) is 0 Å². The third-order valence-electron chi connectivity index (χ3n) is 6.39. The fourth-order valence-corrected chi connectivity index (χ4v) is 4.63. The predicted molar refractivity (Wildman–Crippen MR) is 117 cm³/mol. The van der Waals surface area contributed by atoms with Crippen LogP contribution in [0.1, 0.15) is 36.5 Å². The summed E-state index contributed by atoms with van der Waals surface area (Å²) in [5, 5.41) is 1.18. The van der Waals surface area contributed by atoms with E-state index < -0.39 is 17.2 Å². The van der Waals surface area contributed by atoms with Gasteiger partial charge >= 0.3 is 12.1 Å². The number of rotatable bonds is 6. The van der Waals surface area contributed by atoms with Gasteiger partial charge in [-0.2, -0.15) is 13.2 Å². The van der Waals surface area contributed by atoms with E-state index in [0.717, 1.165) is 24.2 Å². The zero-order chi connectivity index (χ0) is 22.8. The van der Waals surface area contributed by atoms with Gasteiger partial charge in [0.05, 0.1) is 17.6 Å². The summed E-state index contributed by atoms with van der Waals surface area (Å²) in [6.45, 7) is 4.12. The SMILES string of the molecule is CCOC(=O)C1(Cc2cccc(C(F)(F)F)c2)CCN(Cc2c[nH]c3ccccc23)CC1. The molecule has 0 radical (unpaired) electrons. The number of nitrogens with zero attached hydrogens (tertiary/aromatic N) is 1. The fourth-order valence-electron chi connectivity index (χ4n) is 4.63. The maximum Gasteiger partial charge on any atom is 0.416 e. The molecule has 4 rings (SSSR count). The molecule has 3 aromatic rings. The van der Waals surface area contributed by atoms with E-state index in [1.807, 2.05) is 24.4 Å². The molecule has 1 N–H and O–H groups in total. The van der Waals surface area contributed by atoms with Crippen LogP contribution in [0.3, 0.4) is 0 Å². The van der Waals surface area contributed by atoms with Crippen molar-refractivity contribution in [3.63, 3.8) is 0 Å². The van der Waals surface area contributed by atoms with Crippen molar-refractivity contribution in [2.45, 2.75) is 38.9 Å². The Hall–Kier alpha value is -2.80. The van der Waals surface area contributed by atoms with Crippen LogP contribution in [-0.2, 0) is 28.7 Å². The van der Waals surface area contributed by atoms with E-state index in [2.05, 4.69) is 16.0 Å². The van der Waals surface area contributed by atoms with Crippen LogP contribution >= 0.6 is 0 Å². The quantitative estimate of drug-likeness (QED) is 0.505. The van der Waals surface area contributed by atoms with Crippen molar-refractivity contribution >= 4 is 16.9 Å². The van der Waals surface area contributed by atoms with Gasteiger partial charge < -0.3 is 9.72 Å². The number of H-pyrrole nitrogens is 1. The second-order valence-electron chi connectivity index (χ2n) is 8.51. The van der Waals surface area contributed by atoms with Crippen LogP contribution in [-0.4, -0.2) is 35.5 Å². The molecule has 0 atom stereocenters. The summed E-state index contributed by atoms with van der Waals surface area (Å²) in [5.41, 5.74) is 1.30. The topological polar surface area (TPSA) is 45.3 Å². The number of likely N-dealkylation sites (tertiary alicyclic amines) is 1. The van der Waals surface area contributed by atoms with Gasteiger partial charge in [-0.3, -0.25) is 9.69 Å². The molecule has 2 heterocycles. The number of piperidine rings is 1. The van der Waals surface area contributed by atoms with Crippen LogP contribution in [0.4, 0.5) is 13.2 Å². The predicted octanol–water partition coefficient (Wildman–Crippen LogP) is 5.57. The van der Waals surface area contributed by atoms with Crippen molar-refractivity contribution in [1.29, 1.82) is 0 Å². The number of esters is 1. The minimum absolute atomic E-state index is 0.247. The normalized spacial score (nSPS) is 16.9. The molecule has 0 bridgehead atoms. The highest BCUT2D eigenvalue weighted by Crippen LogP contribution is 2.38. The Kier molecular flexibility index (Phi) is 6.29. The Labute approximate surface area is 185 Å². The Balaban J connectivity index is 1.50. The van der Waals surface area contributed by atoms with Crippen LogP contribution in [0.15, 0.2) is 54.7 Å². The maximum atomic E-state index is 13.2. The summed E-state index contributed by atoms with van der Waals surface area (Å²) in [4.78, 5) is 18.5. The third-order valence-corrected chi connectivity index (χ3v) is 6.39. The van der Waals surface area contributed by atoms with E-state index in [1.54, 1.807) is 13.0 Å². The minimum Gasteiger partial charge on any atom is -0.466 e. The zero-order valence-electron chi connectivity index (χ0n) is 18.0. The van der Waals surface area contributed by atoms with Crippen LogP contribution in [0.2, 0.25) is 0 Å². The number of carbonyl (C=O) groups excluding carboxylic acids is 1. The number of ether oxygens (including phenoxy) is 1. The summed E-state index contributed by atoms with van der Waals surface area (Å²) in [6, 6.07) is 13.4. The number of benzene rings is 2. The Morgan fingerprint density at radius 3 is 2.59 bits per heavy atom. The van der Waals surface area contributed by atoms with Gasteiger partial charge in [0.1, 0.15) is 0 Å². The number of para-hydroxylation sites is 1. The van der Waals surface area contributed by atoms with Crippen molar-refractivity contribution < 1.29 is 22.7 Å². The summed E-state index contributed by atoms with van der Waals surface area (Å²) in [5.74, 6) is -0.316. The molecule has 4 nitrogen and oxygen atoms in total. The first kappa shape index (κ1) is 22.4. The molecule has 7 heteroatoms. The minimum atomic E-state index is -4.41. The molecule has 1 saturated heterocycles. The number of fused-ring (bicyclic) bond motifs is 1. The second-order valence-corrected chi connectivity index (χ2v) is 8.51. The van der Waals surface area contributed by atoms with E-state index in [0.29, 0.717) is 31.5 Å². The van der Waals surface area contributed by atoms with E-state index in [4.69, 9.17) is 4.74 Å². The number of aromatic amines is 1. The molecule has 1 aliphatic heterocycles. The molecule has 0 amide bonds. The highest BCUT2D eigenvalue weighted by Gasteiger charge is 2.43. The van der Waals surface area contributed by atoms with Crippen molar-refractivity contribution in [2.24, 2.45) is 5.41 Å². The Morgan fingerprint density at radius 2 is 1.88 bits per heavy atom. The molecule has 32 heavy (non-hydrogen) atoms. The lowest BCUT2D eigenvalue weighted by atomic mass is 9.73. The first-order valence-corrected chi connectivity index (χ1v) is 10.9. The molecule has 1 fully saturated rings. The summed E-state index contributed by atoms with van der Waals surface area (Å²) < 4.78 is 44.9. The lowest BCUT2D eigenvalue weighted by molar-refractivity contribution is -0.158. The number of hydrogen-bond donors (Lipinski definition) is 1. The van der Waals surface area contributed by atoms with Crippen LogP contribution in [0.5, 0.6) is 0 Å². The summed E-state index contributed by atoms with van der Waals surface area (Å²) >= 11 is 0. The van der Waals surface area contributed by atoms with E-state index >= 15 is 0 Å². The smallest absolute Gasteiger partial charge is 0.416 e. The van der Waals surface area contributed by atoms with Crippen molar-refractivity contribution in [1.82, 2.24) is 9.88 Å². The van der Waals surface area contributed by atoms with Crippen molar-refractivity contribution in [3.05, 3.63) is 71.4 Å². The molecule has 0 saturated carbocycles. The molecule has 0 aliphatic carbocycles. The zero-order valence-corrected chi connectivity index (χ0v) is 18.0. The molecule has 1 aromatic heterocycles. The largest absolute Gasteiger partial charge is 0.466 e. The van der Waals surface area contributed by atoms with Crippen LogP contribution < -0.4 is 0 Å². The van der Waals surface area contributed by atoms with Crippen molar-refractivity contribution in [3.8, 4) is 0 Å². The average molecular weight is 444 g/mol. The number of hydrogen-bond acceptors (Lipinski definition) is 3. The maximum absolute atomic E-state index is 13.2. The molecular formula is C25H27F3N2O2. The van der Waals surface area contributed by atoms with Gasteiger partial charge in [-0.05, 0) is 62.5 Å². The number of nitrogens with one attached hydrogen (secondary N) is 1. The highest BCUT2D eigenvalue weighted by molar-refractivity contribution is 5.83. The lowest BCUT2D eigenvalue weighted by Gasteiger charge is -2.40. The number of carbonyl (C=O) groups is 1. The standard InChI is InChI=1S/C25H27F3N2O2/c1-2-32-23(31)24(15-18-6-5-7-20(14-18)25(26,27)28)10-12-30(13-11-24)17-19-16-29-22-9-4-3-8-21(19)22/h3-9,14,16,29H,2,10-13,15,17H2,1H3. The van der Waals surface area contributed by atoms with Gasteiger partial charge in [-0.15, -0.1) is 0 Å². The third kappa shape index (κ3) is 4.67. The lowest BCUT2D eigenvalue weighted by Crippen LogP contribution is -2.46. The van der Waals surface area contributed by atoms with Gasteiger partial charge in [0, 0.05) is 23.6 Å². The highest BCUT2D eigenvalue weighted by atomic mass is 19.4. The molecule has 2 aromatic carbocycles. The number of alkyl halides is 3. The van der Waals surface area contributed by atoms with E-state index in [9.17, 15) is 18.0 Å². The van der Waals surface area contributed by atoms with E-state index in [-0.39, 0.29) is 19.0 Å². The van der Waals surface area contributed by atoms with Crippen LogP contribution in [0.25, 0.3) is 10.9 Å². The van der Waals surface area contributed by atoms with Gasteiger partial charge in [0.25, 0.3) is 0 Å². The monoisotopic (exact) mass is 444 g/mol. The number of halogens is 3. The van der Waals surface area contributed by atoms with Gasteiger partial charge in [0.15, 0.2) is 0 Å². The fraction of sp³-hybridized carbons (Fsp3) is 0.400. The molecule has 0 spiro atoms. The molecule has 0 unspecified atom stereocenters. The summed E-state index contributed by atoms with van der Waals surface area (Å²) in [6.07, 6.45) is -1.05. The second kappa shape index (κ2) is 8.98. The average Bonchev–Trinajstić information content (AvgIpc) is 3.18. The molecule has 1 aliphatic rings. The van der Waals surface area contributed by atoms with Gasteiger partial charge in [0.2, 0.25) is 0 Å². The van der Waals surface area contributed by atoms with E-state index in [1.165, 1.54) is 17.0 Å². The number of aromatic nitrogens is 1. The van der Waals surface area contributed by atoms with Gasteiger partial charge in [-0.1, -0.05) is 36.4 Å². The Bertz CT molecular complexity index is 1080. The Morgan fingerprint density at radius 1 is 1.12 bits per heavy atom. The summed E-state index contributed by atoms with van der Waals surface area (Å²) in [7, 11) is 0. The first-order chi connectivity index (χ1) is 15.3. The molecule has 170 valence electrons. The van der Waals surface area contributed by atoms with Crippen molar-refractivity contribution in [2.75, 3.05) is 19.7 Å². The first-order valence-electron chi connectivity index (χ1n) is 10.9. The molecular weight excluding hydrogens is 417 g/mol.